The van der Waals surface area contributed by atoms with Crippen LogP contribution in [-0.2, 0) is 6.54 Å². The van der Waals surface area contributed by atoms with E-state index in [0.29, 0.717) is 35.0 Å². The molecule has 7 nitrogen and oxygen atoms in total. The number of ketones is 1. The maximum Gasteiger partial charge on any atom is 0.270 e. The zero-order valence-electron chi connectivity index (χ0n) is 16.1. The molecule has 150 valence electrons. The van der Waals surface area contributed by atoms with E-state index in [2.05, 4.69) is 11.8 Å². The quantitative estimate of drug-likeness (QED) is 0.472. The highest BCUT2D eigenvalue weighted by atomic mass is 16.6. The van der Waals surface area contributed by atoms with Gasteiger partial charge in [-0.05, 0) is 50.1 Å². The molecule has 1 fully saturated rings. The average Bonchev–Trinajstić information content (AvgIpc) is 3.01. The summed E-state index contributed by atoms with van der Waals surface area (Å²) in [6.07, 6.45) is 4.91. The number of non-ortho nitro benzene ring substituents is 1. The molecule has 0 radical (unpaired) electrons. The van der Waals surface area contributed by atoms with Crippen LogP contribution in [0, 0.1) is 10.1 Å². The minimum Gasteiger partial charge on any atom is -0.507 e. The first-order valence-corrected chi connectivity index (χ1v) is 9.71. The number of allylic oxidation sites excluding steroid dienone is 1. The van der Waals surface area contributed by atoms with E-state index in [9.17, 15) is 20.0 Å². The van der Waals surface area contributed by atoms with Crippen molar-refractivity contribution in [2.24, 2.45) is 0 Å². The molecule has 0 amide bonds. The third-order valence-corrected chi connectivity index (χ3v) is 5.60. The number of carbonyl (C=O) groups is 1. The highest BCUT2D eigenvalue weighted by Crippen LogP contribution is 2.40. The molecule has 0 aliphatic carbocycles. The second-order valence-electron chi connectivity index (χ2n) is 7.55. The molecule has 2 aromatic rings. The van der Waals surface area contributed by atoms with E-state index in [0.717, 1.165) is 19.4 Å². The van der Waals surface area contributed by atoms with Crippen LogP contribution in [0.3, 0.4) is 0 Å². The Bertz CT molecular complexity index is 1010. The third-order valence-electron chi connectivity index (χ3n) is 5.60. The smallest absolute Gasteiger partial charge is 0.270 e. The molecule has 4 rings (SSSR count). The van der Waals surface area contributed by atoms with Crippen molar-refractivity contribution in [1.82, 2.24) is 4.90 Å². The summed E-state index contributed by atoms with van der Waals surface area (Å²) in [6, 6.07) is 9.50. The number of benzene rings is 2. The number of Topliss-reactive ketones (excluding diaryl/α,β-unsaturated/α-hetero) is 1. The second-order valence-corrected chi connectivity index (χ2v) is 7.55. The zero-order valence-corrected chi connectivity index (χ0v) is 16.1. The Hall–Kier alpha value is -3.19. The van der Waals surface area contributed by atoms with Gasteiger partial charge in [0.25, 0.3) is 5.69 Å². The Kier molecular flexibility index (Phi) is 5.07. The molecular weight excluding hydrogens is 372 g/mol. The van der Waals surface area contributed by atoms with E-state index in [1.807, 2.05) is 0 Å². The number of rotatable bonds is 4. The Labute approximate surface area is 168 Å². The third kappa shape index (κ3) is 3.73. The molecule has 29 heavy (non-hydrogen) atoms. The van der Waals surface area contributed by atoms with Crippen molar-refractivity contribution in [3.8, 4) is 11.5 Å². The number of nitro benzene ring substituents is 1. The van der Waals surface area contributed by atoms with Gasteiger partial charge in [-0.25, -0.2) is 0 Å². The number of hydrogen-bond acceptors (Lipinski definition) is 6. The van der Waals surface area contributed by atoms with Gasteiger partial charge in [-0.15, -0.1) is 0 Å². The van der Waals surface area contributed by atoms with Crippen LogP contribution in [-0.4, -0.2) is 33.3 Å². The SMILES string of the molecule is C[C@@H]1CCCCN1Cc1c(O)ccc2c1O/C(=C/c1cccc([N+](=O)[O-])c1)C2=O. The van der Waals surface area contributed by atoms with Crippen LogP contribution in [0.4, 0.5) is 5.69 Å². The van der Waals surface area contributed by atoms with Gasteiger partial charge in [-0.3, -0.25) is 19.8 Å². The molecule has 2 aromatic carbocycles. The summed E-state index contributed by atoms with van der Waals surface area (Å²) in [5, 5.41) is 21.4. The molecule has 0 aromatic heterocycles. The summed E-state index contributed by atoms with van der Waals surface area (Å²) >= 11 is 0. The van der Waals surface area contributed by atoms with Gasteiger partial charge in [0, 0.05) is 24.7 Å². The van der Waals surface area contributed by atoms with Gasteiger partial charge in [0.15, 0.2) is 5.76 Å². The van der Waals surface area contributed by atoms with Gasteiger partial charge in [-0.1, -0.05) is 18.6 Å². The Balaban J connectivity index is 1.66. The summed E-state index contributed by atoms with van der Waals surface area (Å²) in [7, 11) is 0. The van der Waals surface area contributed by atoms with E-state index in [4.69, 9.17) is 4.74 Å². The van der Waals surface area contributed by atoms with Crippen molar-refractivity contribution in [1.29, 1.82) is 0 Å². The lowest BCUT2D eigenvalue weighted by Gasteiger charge is -2.33. The number of likely N-dealkylation sites (tertiary alicyclic amines) is 1. The number of nitrogens with zero attached hydrogens (tertiary/aromatic N) is 2. The molecule has 0 unspecified atom stereocenters. The topological polar surface area (TPSA) is 92.9 Å². The van der Waals surface area contributed by atoms with Crippen molar-refractivity contribution < 1.29 is 19.6 Å². The number of aromatic hydroxyl groups is 1. The monoisotopic (exact) mass is 394 g/mol. The number of nitro groups is 1. The first-order valence-electron chi connectivity index (χ1n) is 9.71. The predicted molar refractivity (Wildman–Crippen MR) is 108 cm³/mol. The lowest BCUT2D eigenvalue weighted by atomic mass is 10.0. The zero-order chi connectivity index (χ0) is 20.5. The Morgan fingerprint density at radius 2 is 2.14 bits per heavy atom. The largest absolute Gasteiger partial charge is 0.507 e. The standard InChI is InChI=1S/C22H22N2O5/c1-14-5-2-3-10-23(14)13-18-19(25)9-8-17-21(26)20(29-22(17)18)12-15-6-4-7-16(11-15)24(27)28/h4,6-9,11-12,14,25H,2-3,5,10,13H2,1H3/b20-12+/t14-/m1/s1. The molecule has 2 aliphatic heterocycles. The summed E-state index contributed by atoms with van der Waals surface area (Å²) < 4.78 is 5.87. The molecule has 1 atom stereocenters. The van der Waals surface area contributed by atoms with Crippen LogP contribution in [0.25, 0.3) is 6.08 Å². The highest BCUT2D eigenvalue weighted by molar-refractivity contribution is 6.15. The van der Waals surface area contributed by atoms with Crippen LogP contribution < -0.4 is 4.74 Å². The summed E-state index contributed by atoms with van der Waals surface area (Å²) in [5.41, 5.74) is 1.46. The molecular formula is C22H22N2O5. The number of hydrogen-bond donors (Lipinski definition) is 1. The summed E-state index contributed by atoms with van der Waals surface area (Å²) in [6.45, 7) is 3.61. The van der Waals surface area contributed by atoms with Crippen LogP contribution in [0.1, 0.15) is 47.7 Å². The fourth-order valence-electron chi connectivity index (χ4n) is 3.92. The van der Waals surface area contributed by atoms with Crippen molar-refractivity contribution in [3.63, 3.8) is 0 Å². The molecule has 7 heteroatoms. The molecule has 0 bridgehead atoms. The molecule has 2 aliphatic rings. The van der Waals surface area contributed by atoms with Crippen LogP contribution in [0.15, 0.2) is 42.2 Å². The number of phenolic OH excluding ortho intramolecular Hbond substituents is 1. The normalized spacial score (nSPS) is 20.5. The lowest BCUT2D eigenvalue weighted by molar-refractivity contribution is -0.384. The second kappa shape index (κ2) is 7.67. The van der Waals surface area contributed by atoms with Gasteiger partial charge in [0.2, 0.25) is 5.78 Å². The van der Waals surface area contributed by atoms with Crippen molar-refractivity contribution in [2.75, 3.05) is 6.54 Å². The Morgan fingerprint density at radius 1 is 1.31 bits per heavy atom. The molecule has 1 saturated heterocycles. The van der Waals surface area contributed by atoms with Crippen molar-refractivity contribution >= 4 is 17.5 Å². The number of fused-ring (bicyclic) bond motifs is 1. The number of carbonyl (C=O) groups excluding carboxylic acids is 1. The van der Waals surface area contributed by atoms with Crippen LogP contribution >= 0.6 is 0 Å². The van der Waals surface area contributed by atoms with E-state index < -0.39 is 4.92 Å². The van der Waals surface area contributed by atoms with E-state index in [1.54, 1.807) is 18.2 Å². The van der Waals surface area contributed by atoms with Crippen LogP contribution in [0.5, 0.6) is 11.5 Å². The summed E-state index contributed by atoms with van der Waals surface area (Å²) in [5.74, 6) is 0.286. The molecule has 1 N–H and O–H groups in total. The molecule has 0 spiro atoms. The number of phenols is 1. The maximum absolute atomic E-state index is 12.8. The van der Waals surface area contributed by atoms with E-state index in [-0.39, 0.29) is 23.0 Å². The fourth-order valence-corrected chi connectivity index (χ4v) is 3.92. The fraction of sp³-hybridized carbons (Fsp3) is 0.318. The minimum atomic E-state index is -0.482. The number of ether oxygens (including phenoxy) is 1. The van der Waals surface area contributed by atoms with E-state index in [1.165, 1.54) is 30.7 Å². The molecule has 2 heterocycles. The Morgan fingerprint density at radius 3 is 2.90 bits per heavy atom. The maximum atomic E-state index is 12.8. The van der Waals surface area contributed by atoms with Gasteiger partial charge in [-0.2, -0.15) is 0 Å². The average molecular weight is 394 g/mol. The lowest BCUT2D eigenvalue weighted by Crippen LogP contribution is -2.36. The van der Waals surface area contributed by atoms with Crippen molar-refractivity contribution in [2.45, 2.75) is 38.8 Å². The van der Waals surface area contributed by atoms with Gasteiger partial charge >= 0.3 is 0 Å². The van der Waals surface area contributed by atoms with Crippen molar-refractivity contribution in [3.05, 3.63) is 69.0 Å². The minimum absolute atomic E-state index is 0.0558. The first-order chi connectivity index (χ1) is 13.9. The highest BCUT2D eigenvalue weighted by Gasteiger charge is 2.32. The van der Waals surface area contributed by atoms with Gasteiger partial charge < -0.3 is 9.84 Å². The van der Waals surface area contributed by atoms with Gasteiger partial charge in [0.05, 0.1) is 16.1 Å². The summed E-state index contributed by atoms with van der Waals surface area (Å²) in [4.78, 5) is 25.6. The predicted octanol–water partition coefficient (Wildman–Crippen LogP) is 4.29. The van der Waals surface area contributed by atoms with E-state index >= 15 is 0 Å². The first kappa shape index (κ1) is 19.1. The van der Waals surface area contributed by atoms with Crippen LogP contribution in [0.2, 0.25) is 0 Å². The number of piperidine rings is 1. The van der Waals surface area contributed by atoms with Gasteiger partial charge in [0.1, 0.15) is 11.5 Å². The molecule has 0 saturated carbocycles.